The Kier molecular flexibility index (Phi) is 7.50. The van der Waals surface area contributed by atoms with Crippen LogP contribution in [-0.4, -0.2) is 19.0 Å². The van der Waals surface area contributed by atoms with Gasteiger partial charge in [-0.05, 0) is 24.1 Å². The molecular formula is C12H18ClFN2O. The van der Waals surface area contributed by atoms with Crippen LogP contribution in [0.3, 0.4) is 0 Å². The third kappa shape index (κ3) is 5.65. The number of amides is 1. The normalized spacial score (nSPS) is 11.5. The molecule has 1 rings (SSSR count). The summed E-state index contributed by atoms with van der Waals surface area (Å²) in [5, 5.41) is 2.78. The lowest BCUT2D eigenvalue weighted by atomic mass is 10.1. The molecule has 5 heteroatoms. The fourth-order valence-electron chi connectivity index (χ4n) is 1.26. The van der Waals surface area contributed by atoms with Gasteiger partial charge >= 0.3 is 0 Å². The second-order valence-corrected chi connectivity index (χ2v) is 3.80. The Hall–Kier alpha value is -1.13. The van der Waals surface area contributed by atoms with Gasteiger partial charge in [0.25, 0.3) is 0 Å². The van der Waals surface area contributed by atoms with Crippen LogP contribution in [0.1, 0.15) is 12.5 Å². The molecule has 17 heavy (non-hydrogen) atoms. The smallest absolute Gasteiger partial charge is 0.224 e. The predicted octanol–water partition coefficient (Wildman–Crippen LogP) is 1.50. The molecule has 0 aliphatic carbocycles. The van der Waals surface area contributed by atoms with Crippen LogP contribution in [0.2, 0.25) is 0 Å². The van der Waals surface area contributed by atoms with E-state index in [2.05, 4.69) is 5.32 Å². The number of benzene rings is 1. The van der Waals surface area contributed by atoms with Crippen molar-refractivity contribution < 1.29 is 9.18 Å². The fourth-order valence-corrected chi connectivity index (χ4v) is 1.26. The number of rotatable bonds is 5. The molecule has 3 N–H and O–H groups in total. The lowest BCUT2D eigenvalue weighted by molar-refractivity contribution is -0.124. The van der Waals surface area contributed by atoms with Crippen molar-refractivity contribution >= 4 is 18.3 Å². The van der Waals surface area contributed by atoms with Crippen molar-refractivity contribution in [3.63, 3.8) is 0 Å². The number of halogens is 2. The summed E-state index contributed by atoms with van der Waals surface area (Å²) in [6.07, 6.45) is 0.698. The van der Waals surface area contributed by atoms with Crippen molar-refractivity contribution in [1.29, 1.82) is 0 Å². The molecule has 1 atom stereocenters. The van der Waals surface area contributed by atoms with Crippen molar-refractivity contribution in [2.45, 2.75) is 13.3 Å². The Morgan fingerprint density at radius 3 is 2.53 bits per heavy atom. The number of nitrogens with two attached hydrogens (primary N) is 1. The van der Waals surface area contributed by atoms with Crippen molar-refractivity contribution in [1.82, 2.24) is 5.32 Å². The highest BCUT2D eigenvalue weighted by Gasteiger charge is 2.09. The van der Waals surface area contributed by atoms with Crippen molar-refractivity contribution in [2.75, 3.05) is 13.1 Å². The molecule has 0 saturated carbocycles. The summed E-state index contributed by atoms with van der Waals surface area (Å²) >= 11 is 0. The van der Waals surface area contributed by atoms with E-state index in [-0.39, 0.29) is 30.0 Å². The minimum Gasteiger partial charge on any atom is -0.355 e. The second-order valence-electron chi connectivity index (χ2n) is 3.80. The summed E-state index contributed by atoms with van der Waals surface area (Å²) in [6.45, 7) is 2.68. The second kappa shape index (κ2) is 8.03. The van der Waals surface area contributed by atoms with E-state index in [1.807, 2.05) is 0 Å². The van der Waals surface area contributed by atoms with Crippen molar-refractivity contribution in [3.8, 4) is 0 Å². The molecule has 0 heterocycles. The summed E-state index contributed by atoms with van der Waals surface area (Å²) in [5.41, 5.74) is 6.37. The average Bonchev–Trinajstić information content (AvgIpc) is 2.30. The first-order valence-corrected chi connectivity index (χ1v) is 5.35. The summed E-state index contributed by atoms with van der Waals surface area (Å²) in [6, 6.07) is 6.26. The van der Waals surface area contributed by atoms with Crippen LogP contribution in [0.4, 0.5) is 4.39 Å². The van der Waals surface area contributed by atoms with Crippen LogP contribution >= 0.6 is 12.4 Å². The molecule has 1 aromatic rings. The Labute approximate surface area is 107 Å². The molecule has 1 aromatic carbocycles. The monoisotopic (exact) mass is 260 g/mol. The van der Waals surface area contributed by atoms with Crippen LogP contribution in [0.25, 0.3) is 0 Å². The van der Waals surface area contributed by atoms with E-state index < -0.39 is 0 Å². The Morgan fingerprint density at radius 2 is 2.00 bits per heavy atom. The Balaban J connectivity index is 0.00000256. The zero-order valence-electron chi connectivity index (χ0n) is 9.78. The minimum absolute atomic E-state index is 0. The van der Waals surface area contributed by atoms with Crippen molar-refractivity contribution in [3.05, 3.63) is 35.6 Å². The number of nitrogens with one attached hydrogen (secondary N) is 1. The highest BCUT2D eigenvalue weighted by atomic mass is 35.5. The van der Waals surface area contributed by atoms with Gasteiger partial charge in [-0.15, -0.1) is 12.4 Å². The molecule has 0 fully saturated rings. The minimum atomic E-state index is -0.246. The van der Waals surface area contributed by atoms with Gasteiger partial charge in [-0.25, -0.2) is 4.39 Å². The van der Waals surface area contributed by atoms with Gasteiger partial charge in [0.15, 0.2) is 0 Å². The highest BCUT2D eigenvalue weighted by Crippen LogP contribution is 2.02. The van der Waals surface area contributed by atoms with E-state index in [4.69, 9.17) is 5.73 Å². The third-order valence-corrected chi connectivity index (χ3v) is 2.43. The summed E-state index contributed by atoms with van der Waals surface area (Å²) < 4.78 is 12.6. The molecule has 96 valence electrons. The molecule has 0 saturated heterocycles. The maximum atomic E-state index is 12.6. The van der Waals surface area contributed by atoms with E-state index >= 15 is 0 Å². The summed E-state index contributed by atoms with van der Waals surface area (Å²) in [7, 11) is 0. The van der Waals surface area contributed by atoms with E-state index in [1.165, 1.54) is 12.1 Å². The zero-order valence-corrected chi connectivity index (χ0v) is 10.6. The zero-order chi connectivity index (χ0) is 12.0. The van der Waals surface area contributed by atoms with Gasteiger partial charge in [0.1, 0.15) is 5.82 Å². The van der Waals surface area contributed by atoms with Gasteiger partial charge in [-0.1, -0.05) is 19.1 Å². The van der Waals surface area contributed by atoms with Gasteiger partial charge in [0.05, 0.1) is 0 Å². The molecule has 3 nitrogen and oxygen atoms in total. The predicted molar refractivity (Wildman–Crippen MR) is 68.6 cm³/mol. The van der Waals surface area contributed by atoms with Crippen LogP contribution in [0.15, 0.2) is 24.3 Å². The molecule has 0 aromatic heterocycles. The first-order valence-electron chi connectivity index (χ1n) is 5.35. The fraction of sp³-hybridized carbons (Fsp3) is 0.417. The van der Waals surface area contributed by atoms with E-state index in [1.54, 1.807) is 19.1 Å². The van der Waals surface area contributed by atoms with Gasteiger partial charge in [0, 0.05) is 19.0 Å². The van der Waals surface area contributed by atoms with Crippen LogP contribution in [0.5, 0.6) is 0 Å². The molecule has 0 radical (unpaired) electrons. The lowest BCUT2D eigenvalue weighted by Crippen LogP contribution is -2.34. The first kappa shape index (κ1) is 15.9. The first-order chi connectivity index (χ1) is 7.63. The topological polar surface area (TPSA) is 55.1 Å². The Morgan fingerprint density at radius 1 is 1.41 bits per heavy atom. The summed E-state index contributed by atoms with van der Waals surface area (Å²) in [4.78, 5) is 11.4. The maximum absolute atomic E-state index is 12.6. The molecule has 1 amide bonds. The van der Waals surface area contributed by atoms with Crippen LogP contribution < -0.4 is 11.1 Å². The van der Waals surface area contributed by atoms with E-state index in [0.29, 0.717) is 19.5 Å². The van der Waals surface area contributed by atoms with Crippen LogP contribution in [0, 0.1) is 11.7 Å². The largest absolute Gasteiger partial charge is 0.355 e. The lowest BCUT2D eigenvalue weighted by Gasteiger charge is -2.09. The van der Waals surface area contributed by atoms with Gasteiger partial charge in [0.2, 0.25) is 5.91 Å². The summed E-state index contributed by atoms with van der Waals surface area (Å²) in [5.74, 6) is -0.442. The quantitative estimate of drug-likeness (QED) is 0.843. The van der Waals surface area contributed by atoms with Gasteiger partial charge in [-0.3, -0.25) is 4.79 Å². The van der Waals surface area contributed by atoms with E-state index in [9.17, 15) is 9.18 Å². The molecule has 0 aliphatic heterocycles. The van der Waals surface area contributed by atoms with Gasteiger partial charge in [-0.2, -0.15) is 0 Å². The van der Waals surface area contributed by atoms with Crippen molar-refractivity contribution in [2.24, 2.45) is 11.7 Å². The molecule has 0 bridgehead atoms. The highest BCUT2D eigenvalue weighted by molar-refractivity contribution is 5.85. The molecule has 0 spiro atoms. The average molecular weight is 261 g/mol. The standard InChI is InChI=1S/C12H17FN2O.ClH/c1-9(8-14)12(16)15-7-6-10-2-4-11(13)5-3-10;/h2-5,9H,6-8,14H2,1H3,(H,15,16);1H. The molecule has 0 aliphatic rings. The van der Waals surface area contributed by atoms with Crippen LogP contribution in [-0.2, 0) is 11.2 Å². The molecular weight excluding hydrogens is 243 g/mol. The van der Waals surface area contributed by atoms with Gasteiger partial charge < -0.3 is 11.1 Å². The number of hydrogen-bond acceptors (Lipinski definition) is 2. The SMILES string of the molecule is CC(CN)C(=O)NCCc1ccc(F)cc1.Cl. The Bertz CT molecular complexity index is 343. The number of carbonyl (C=O) groups excluding carboxylic acids is 1. The van der Waals surface area contributed by atoms with E-state index in [0.717, 1.165) is 5.56 Å². The number of carbonyl (C=O) groups is 1. The number of hydrogen-bond donors (Lipinski definition) is 2. The third-order valence-electron chi connectivity index (χ3n) is 2.43. The maximum Gasteiger partial charge on any atom is 0.224 e. The molecule has 1 unspecified atom stereocenters.